The average molecular weight is 396 g/mol. The third-order valence-corrected chi connectivity index (χ3v) is 4.75. The zero-order chi connectivity index (χ0) is 19.8. The van der Waals surface area contributed by atoms with Crippen molar-refractivity contribution in [2.24, 2.45) is 0 Å². The Balaban J connectivity index is 1.34. The molecule has 7 heteroatoms. The van der Waals surface area contributed by atoms with E-state index in [1.165, 1.54) is 17.7 Å². The van der Waals surface area contributed by atoms with Gasteiger partial charge in [0.15, 0.2) is 12.2 Å². The molecule has 0 aliphatic carbocycles. The normalized spacial score (nSPS) is 11.0. The summed E-state index contributed by atoms with van der Waals surface area (Å²) in [5.74, 6) is 0.0654. The van der Waals surface area contributed by atoms with Crippen LogP contribution in [-0.2, 0) is 14.3 Å². The lowest BCUT2D eigenvalue weighted by Crippen LogP contribution is -2.30. The number of benzene rings is 2. The van der Waals surface area contributed by atoms with Gasteiger partial charge in [-0.3, -0.25) is 4.79 Å². The van der Waals surface area contributed by atoms with Crippen LogP contribution in [0.3, 0.4) is 0 Å². The number of aromatic nitrogens is 1. The van der Waals surface area contributed by atoms with E-state index in [1.807, 2.05) is 37.3 Å². The van der Waals surface area contributed by atoms with Crippen molar-refractivity contribution in [3.8, 4) is 0 Å². The first-order valence-electron chi connectivity index (χ1n) is 8.77. The predicted molar refractivity (Wildman–Crippen MR) is 109 cm³/mol. The Morgan fingerprint density at radius 1 is 1.18 bits per heavy atom. The third-order valence-electron chi connectivity index (χ3n) is 3.73. The van der Waals surface area contributed by atoms with E-state index >= 15 is 0 Å². The van der Waals surface area contributed by atoms with Gasteiger partial charge in [0.2, 0.25) is 5.89 Å². The highest BCUT2D eigenvalue weighted by Crippen LogP contribution is 2.17. The van der Waals surface area contributed by atoms with E-state index in [4.69, 9.17) is 9.15 Å². The number of amides is 1. The van der Waals surface area contributed by atoms with E-state index in [1.54, 1.807) is 17.8 Å². The summed E-state index contributed by atoms with van der Waals surface area (Å²) < 4.78 is 10.4. The Bertz CT molecular complexity index is 946. The molecule has 28 heavy (non-hydrogen) atoms. The lowest BCUT2D eigenvalue weighted by atomic mass is 10.2. The van der Waals surface area contributed by atoms with E-state index in [9.17, 15) is 9.59 Å². The number of esters is 1. The molecule has 3 rings (SSSR count). The Morgan fingerprint density at radius 2 is 1.96 bits per heavy atom. The number of fused-ring (bicyclic) bond motifs is 1. The molecule has 1 heterocycles. The van der Waals surface area contributed by atoms with Crippen molar-refractivity contribution < 1.29 is 18.7 Å². The van der Waals surface area contributed by atoms with Gasteiger partial charge in [0.05, 0.1) is 0 Å². The minimum atomic E-state index is -0.633. The number of thioether (sulfide) groups is 1. The zero-order valence-corrected chi connectivity index (χ0v) is 16.2. The van der Waals surface area contributed by atoms with Crippen LogP contribution in [-0.4, -0.2) is 35.8 Å². The minimum Gasteiger partial charge on any atom is -0.452 e. The fourth-order valence-corrected chi connectivity index (χ4v) is 3.10. The quantitative estimate of drug-likeness (QED) is 0.271. The molecule has 1 aromatic heterocycles. The van der Waals surface area contributed by atoms with Crippen molar-refractivity contribution in [3.05, 3.63) is 66.1 Å². The number of nitrogens with one attached hydrogen (secondary N) is 1. The van der Waals surface area contributed by atoms with E-state index in [0.29, 0.717) is 23.5 Å². The third kappa shape index (κ3) is 5.99. The molecule has 0 saturated heterocycles. The second-order valence-corrected chi connectivity index (χ2v) is 7.14. The van der Waals surface area contributed by atoms with Gasteiger partial charge in [-0.1, -0.05) is 29.8 Å². The van der Waals surface area contributed by atoms with E-state index in [2.05, 4.69) is 22.4 Å². The van der Waals surface area contributed by atoms with Gasteiger partial charge >= 0.3 is 5.97 Å². The summed E-state index contributed by atoms with van der Waals surface area (Å²) in [4.78, 5) is 28.8. The van der Waals surface area contributed by atoms with Gasteiger partial charge in [-0.05, 0) is 31.2 Å². The minimum absolute atomic E-state index is 0.302. The molecule has 0 unspecified atom stereocenters. The fourth-order valence-electron chi connectivity index (χ4n) is 2.33. The largest absolute Gasteiger partial charge is 0.452 e. The number of hydrogen-bond acceptors (Lipinski definition) is 6. The Morgan fingerprint density at radius 3 is 2.75 bits per heavy atom. The van der Waals surface area contributed by atoms with Gasteiger partial charge in [0, 0.05) is 29.3 Å². The van der Waals surface area contributed by atoms with Crippen molar-refractivity contribution in [1.82, 2.24) is 10.3 Å². The number of para-hydroxylation sites is 2. The van der Waals surface area contributed by atoms with Crippen LogP contribution in [0.2, 0.25) is 0 Å². The molecule has 0 spiro atoms. The molecule has 6 nitrogen and oxygen atoms in total. The highest BCUT2D eigenvalue weighted by molar-refractivity contribution is 7.99. The van der Waals surface area contributed by atoms with Crippen molar-refractivity contribution in [2.45, 2.75) is 11.8 Å². The average Bonchev–Trinajstić information content (AvgIpc) is 3.12. The first-order valence-corrected chi connectivity index (χ1v) is 9.75. The molecule has 1 amide bonds. The van der Waals surface area contributed by atoms with Gasteiger partial charge in [-0.2, -0.15) is 0 Å². The summed E-state index contributed by atoms with van der Waals surface area (Å²) in [6.07, 6.45) is 2.60. The number of carbonyl (C=O) groups is 2. The molecule has 0 radical (unpaired) electrons. The highest BCUT2D eigenvalue weighted by Gasteiger charge is 2.06. The molecule has 0 aliphatic rings. The molecule has 2 aromatic carbocycles. The number of oxazole rings is 1. The number of nitrogens with zero attached hydrogens (tertiary/aromatic N) is 1. The SMILES string of the molecule is Cc1ccc(SCCNC(=O)COC(=O)/C=C/c2nc3ccccc3o2)cc1. The predicted octanol–water partition coefficient (Wildman–Crippen LogP) is 3.60. The van der Waals surface area contributed by atoms with Gasteiger partial charge in [0.1, 0.15) is 5.52 Å². The van der Waals surface area contributed by atoms with E-state index in [0.717, 1.165) is 10.6 Å². The Hall–Kier alpha value is -3.06. The summed E-state index contributed by atoms with van der Waals surface area (Å²) in [5.41, 5.74) is 2.56. The maximum atomic E-state index is 11.7. The highest BCUT2D eigenvalue weighted by atomic mass is 32.2. The smallest absolute Gasteiger partial charge is 0.331 e. The monoisotopic (exact) mass is 396 g/mol. The Kier molecular flexibility index (Phi) is 6.86. The second-order valence-electron chi connectivity index (χ2n) is 5.97. The molecule has 1 N–H and O–H groups in total. The maximum Gasteiger partial charge on any atom is 0.331 e. The molecule has 0 bridgehead atoms. The van der Waals surface area contributed by atoms with Crippen LogP contribution in [0.15, 0.2) is 63.9 Å². The van der Waals surface area contributed by atoms with Crippen LogP contribution in [0, 0.1) is 6.92 Å². The van der Waals surface area contributed by atoms with E-state index < -0.39 is 5.97 Å². The molecule has 0 atom stereocenters. The number of hydrogen-bond donors (Lipinski definition) is 1. The molecule has 0 fully saturated rings. The lowest BCUT2D eigenvalue weighted by Gasteiger charge is -2.05. The number of rotatable bonds is 8. The molecule has 0 aliphatic heterocycles. The maximum absolute atomic E-state index is 11.7. The van der Waals surface area contributed by atoms with Gasteiger partial charge in [-0.25, -0.2) is 9.78 Å². The number of ether oxygens (including phenoxy) is 1. The van der Waals surface area contributed by atoms with Crippen LogP contribution >= 0.6 is 11.8 Å². The van der Waals surface area contributed by atoms with E-state index in [-0.39, 0.29) is 12.5 Å². The van der Waals surface area contributed by atoms with Crippen LogP contribution in [0.1, 0.15) is 11.5 Å². The van der Waals surface area contributed by atoms with Crippen LogP contribution < -0.4 is 5.32 Å². The van der Waals surface area contributed by atoms with Crippen LogP contribution in [0.25, 0.3) is 17.2 Å². The second kappa shape index (κ2) is 9.75. The first-order chi connectivity index (χ1) is 13.6. The van der Waals surface area contributed by atoms with Crippen LogP contribution in [0.5, 0.6) is 0 Å². The van der Waals surface area contributed by atoms with Gasteiger partial charge in [-0.15, -0.1) is 11.8 Å². The molecular weight excluding hydrogens is 376 g/mol. The van der Waals surface area contributed by atoms with Crippen LogP contribution in [0.4, 0.5) is 0 Å². The summed E-state index contributed by atoms with van der Waals surface area (Å²) in [5, 5.41) is 2.72. The molecular formula is C21H20N2O4S. The molecule has 0 saturated carbocycles. The van der Waals surface area contributed by atoms with Crippen molar-refractivity contribution >= 4 is 40.8 Å². The molecule has 144 valence electrons. The summed E-state index contributed by atoms with van der Waals surface area (Å²) in [6.45, 7) is 2.21. The first kappa shape index (κ1) is 19.7. The summed E-state index contributed by atoms with van der Waals surface area (Å²) in [6, 6.07) is 15.5. The lowest BCUT2D eigenvalue weighted by molar-refractivity contribution is -0.143. The number of carbonyl (C=O) groups excluding carboxylic acids is 2. The van der Waals surface area contributed by atoms with Gasteiger partial charge in [0.25, 0.3) is 5.91 Å². The fraction of sp³-hybridized carbons (Fsp3) is 0.190. The summed E-state index contributed by atoms with van der Waals surface area (Å²) in [7, 11) is 0. The van der Waals surface area contributed by atoms with Crippen molar-refractivity contribution in [1.29, 1.82) is 0 Å². The van der Waals surface area contributed by atoms with Crippen molar-refractivity contribution in [3.63, 3.8) is 0 Å². The standard InChI is InChI=1S/C21H20N2O4S/c1-15-6-8-16(9-7-15)28-13-12-22-19(24)14-26-21(25)11-10-20-23-17-4-2-3-5-18(17)27-20/h2-11H,12-14H2,1H3,(H,22,24)/b11-10+. The summed E-state index contributed by atoms with van der Waals surface area (Å²) >= 11 is 1.65. The Labute approximate surface area is 167 Å². The number of aryl methyl sites for hydroxylation is 1. The van der Waals surface area contributed by atoms with Gasteiger partial charge < -0.3 is 14.5 Å². The van der Waals surface area contributed by atoms with Crippen molar-refractivity contribution in [2.75, 3.05) is 18.9 Å². The molecule has 3 aromatic rings. The zero-order valence-electron chi connectivity index (χ0n) is 15.4. The topological polar surface area (TPSA) is 81.4 Å².